The van der Waals surface area contributed by atoms with Crippen LogP contribution < -0.4 is 5.32 Å². The molecule has 7 heteroatoms. The molecule has 0 saturated carbocycles. The maximum atomic E-state index is 13.4. The average molecular weight is 522 g/mol. The molecule has 0 aliphatic heterocycles. The highest BCUT2D eigenvalue weighted by atomic mass is 32.2. The predicted octanol–water partition coefficient (Wildman–Crippen LogP) is 7.09. The van der Waals surface area contributed by atoms with Crippen molar-refractivity contribution < 1.29 is 4.79 Å². The fraction of sp³-hybridized carbons (Fsp3) is 0.226. The topological polar surface area (TPSA) is 72.7 Å². The van der Waals surface area contributed by atoms with Crippen LogP contribution in [0, 0.1) is 20.8 Å². The molecule has 0 radical (unpaired) electrons. The molecule has 192 valence electrons. The van der Waals surface area contributed by atoms with E-state index >= 15 is 0 Å². The molecule has 0 aliphatic carbocycles. The normalized spacial score (nSPS) is 12.0. The number of rotatable bonds is 7. The lowest BCUT2D eigenvalue weighted by molar-refractivity contribution is -0.115. The number of aromatic nitrogens is 4. The standard InChI is InChI=1S/C31H31N5OS/c1-6-25-26-29(36(35-25)24-15-11-8-12-16-24)33-28(23-13-9-7-10-14-23)34-31(26)38-22(5)30(37)32-27-20(3)17-19(2)18-21(27)4/h7-18,22H,6H2,1-5H3,(H,32,37)/t22-/m0/s1. The van der Waals surface area contributed by atoms with Crippen molar-refractivity contribution in [3.8, 4) is 17.1 Å². The molecule has 3 aromatic carbocycles. The highest BCUT2D eigenvalue weighted by molar-refractivity contribution is 8.00. The maximum absolute atomic E-state index is 13.4. The molecule has 0 aliphatic rings. The van der Waals surface area contributed by atoms with E-state index in [0.717, 1.165) is 56.2 Å². The zero-order valence-corrected chi connectivity index (χ0v) is 23.1. The molecule has 0 fully saturated rings. The number of carbonyl (C=O) groups is 1. The third-order valence-corrected chi connectivity index (χ3v) is 7.60. The predicted molar refractivity (Wildman–Crippen MR) is 156 cm³/mol. The summed E-state index contributed by atoms with van der Waals surface area (Å²) in [7, 11) is 0. The minimum Gasteiger partial charge on any atom is -0.325 e. The smallest absolute Gasteiger partial charge is 0.237 e. The Morgan fingerprint density at radius 2 is 1.58 bits per heavy atom. The van der Waals surface area contributed by atoms with Crippen LogP contribution in [0.3, 0.4) is 0 Å². The fourth-order valence-electron chi connectivity index (χ4n) is 4.67. The number of anilines is 1. The lowest BCUT2D eigenvalue weighted by Gasteiger charge is -2.16. The SMILES string of the molecule is CCc1nn(-c2ccccc2)c2nc(-c3ccccc3)nc(S[C@@H](C)C(=O)Nc3c(C)cc(C)cc3C)c12. The molecule has 2 heterocycles. The van der Waals surface area contributed by atoms with E-state index in [4.69, 9.17) is 15.1 Å². The summed E-state index contributed by atoms with van der Waals surface area (Å²) in [6.07, 6.45) is 0.722. The molecule has 0 unspecified atom stereocenters. The first kappa shape index (κ1) is 25.7. The first-order valence-electron chi connectivity index (χ1n) is 12.8. The van der Waals surface area contributed by atoms with Crippen LogP contribution in [-0.4, -0.2) is 30.9 Å². The number of para-hydroxylation sites is 1. The Kier molecular flexibility index (Phi) is 7.29. The lowest BCUT2D eigenvalue weighted by Crippen LogP contribution is -2.23. The third kappa shape index (κ3) is 5.07. The number of fused-ring (bicyclic) bond motifs is 1. The molecule has 0 bridgehead atoms. The summed E-state index contributed by atoms with van der Waals surface area (Å²) in [6.45, 7) is 10.1. The van der Waals surface area contributed by atoms with Gasteiger partial charge in [-0.25, -0.2) is 14.6 Å². The summed E-state index contributed by atoms with van der Waals surface area (Å²) in [5, 5.41) is 9.34. The van der Waals surface area contributed by atoms with E-state index in [2.05, 4.69) is 31.3 Å². The number of hydrogen-bond acceptors (Lipinski definition) is 5. The number of hydrogen-bond donors (Lipinski definition) is 1. The van der Waals surface area contributed by atoms with Crippen molar-refractivity contribution in [3.05, 3.63) is 95.2 Å². The number of aryl methyl sites for hydroxylation is 4. The van der Waals surface area contributed by atoms with Gasteiger partial charge in [-0.15, -0.1) is 0 Å². The van der Waals surface area contributed by atoms with Crippen molar-refractivity contribution >= 4 is 34.4 Å². The third-order valence-electron chi connectivity index (χ3n) is 6.52. The van der Waals surface area contributed by atoms with E-state index in [0.29, 0.717) is 5.82 Å². The Bertz CT molecular complexity index is 1590. The summed E-state index contributed by atoms with van der Waals surface area (Å²) in [5.41, 5.74) is 7.66. The van der Waals surface area contributed by atoms with E-state index in [1.165, 1.54) is 17.3 Å². The van der Waals surface area contributed by atoms with Crippen LogP contribution in [0.5, 0.6) is 0 Å². The van der Waals surface area contributed by atoms with Crippen molar-refractivity contribution in [1.82, 2.24) is 19.7 Å². The molecular formula is C31H31N5OS. The highest BCUT2D eigenvalue weighted by Gasteiger charge is 2.24. The van der Waals surface area contributed by atoms with Gasteiger partial charge in [0, 0.05) is 11.3 Å². The molecule has 0 spiro atoms. The number of thioether (sulfide) groups is 1. The minimum absolute atomic E-state index is 0.0634. The van der Waals surface area contributed by atoms with Gasteiger partial charge in [-0.3, -0.25) is 4.79 Å². The fourth-order valence-corrected chi connectivity index (χ4v) is 5.64. The lowest BCUT2D eigenvalue weighted by atomic mass is 10.1. The second kappa shape index (κ2) is 10.8. The largest absolute Gasteiger partial charge is 0.325 e. The van der Waals surface area contributed by atoms with Gasteiger partial charge in [0.15, 0.2) is 11.5 Å². The van der Waals surface area contributed by atoms with Crippen molar-refractivity contribution in [3.63, 3.8) is 0 Å². The Labute approximate surface area is 227 Å². The van der Waals surface area contributed by atoms with Crippen molar-refractivity contribution in [2.45, 2.75) is 51.3 Å². The number of benzene rings is 3. The summed E-state index contributed by atoms with van der Waals surface area (Å²) < 4.78 is 1.89. The van der Waals surface area contributed by atoms with Gasteiger partial charge in [-0.05, 0) is 57.4 Å². The first-order chi connectivity index (χ1) is 18.4. The van der Waals surface area contributed by atoms with E-state index in [1.807, 2.05) is 86.1 Å². The molecule has 0 saturated heterocycles. The monoisotopic (exact) mass is 521 g/mol. The van der Waals surface area contributed by atoms with Crippen LogP contribution in [0.2, 0.25) is 0 Å². The maximum Gasteiger partial charge on any atom is 0.237 e. The van der Waals surface area contributed by atoms with Crippen LogP contribution in [0.25, 0.3) is 28.1 Å². The van der Waals surface area contributed by atoms with Crippen LogP contribution >= 0.6 is 11.8 Å². The first-order valence-corrected chi connectivity index (χ1v) is 13.7. The highest BCUT2D eigenvalue weighted by Crippen LogP contribution is 2.35. The Balaban J connectivity index is 1.59. The second-order valence-electron chi connectivity index (χ2n) is 9.49. The molecular weight excluding hydrogens is 490 g/mol. The quantitative estimate of drug-likeness (QED) is 0.183. The molecule has 5 aromatic rings. The van der Waals surface area contributed by atoms with Gasteiger partial charge in [0.25, 0.3) is 0 Å². The van der Waals surface area contributed by atoms with Crippen molar-refractivity contribution in [2.24, 2.45) is 0 Å². The molecule has 2 aromatic heterocycles. The van der Waals surface area contributed by atoms with Crippen molar-refractivity contribution in [2.75, 3.05) is 5.32 Å². The Morgan fingerprint density at radius 1 is 0.947 bits per heavy atom. The van der Waals surface area contributed by atoms with E-state index < -0.39 is 0 Å². The zero-order valence-electron chi connectivity index (χ0n) is 22.3. The van der Waals surface area contributed by atoms with Crippen LogP contribution in [0.4, 0.5) is 5.69 Å². The molecule has 5 rings (SSSR count). The number of carbonyl (C=O) groups excluding carboxylic acids is 1. The Morgan fingerprint density at radius 3 is 2.21 bits per heavy atom. The summed E-state index contributed by atoms with van der Waals surface area (Å²) in [4.78, 5) is 23.3. The summed E-state index contributed by atoms with van der Waals surface area (Å²) >= 11 is 1.45. The zero-order chi connectivity index (χ0) is 26.8. The van der Waals surface area contributed by atoms with Crippen molar-refractivity contribution in [1.29, 1.82) is 0 Å². The number of amides is 1. The van der Waals surface area contributed by atoms with Crippen LogP contribution in [0.15, 0.2) is 77.8 Å². The van der Waals surface area contributed by atoms with Gasteiger partial charge < -0.3 is 5.32 Å². The van der Waals surface area contributed by atoms with Gasteiger partial charge in [0.2, 0.25) is 5.91 Å². The van der Waals surface area contributed by atoms with E-state index in [1.54, 1.807) is 0 Å². The Hall–Kier alpha value is -3.97. The second-order valence-corrected chi connectivity index (χ2v) is 10.8. The van der Waals surface area contributed by atoms with E-state index in [-0.39, 0.29) is 11.2 Å². The van der Waals surface area contributed by atoms with Gasteiger partial charge >= 0.3 is 0 Å². The summed E-state index contributed by atoms with van der Waals surface area (Å²) in [6, 6.07) is 24.1. The number of nitrogens with zero attached hydrogens (tertiary/aromatic N) is 4. The summed E-state index contributed by atoms with van der Waals surface area (Å²) in [5.74, 6) is 0.546. The molecule has 1 atom stereocenters. The molecule has 38 heavy (non-hydrogen) atoms. The molecule has 1 amide bonds. The van der Waals surface area contributed by atoms with Gasteiger partial charge in [-0.2, -0.15) is 5.10 Å². The molecule has 1 N–H and O–H groups in total. The number of nitrogens with one attached hydrogen (secondary N) is 1. The molecule has 6 nitrogen and oxygen atoms in total. The van der Waals surface area contributed by atoms with Crippen LogP contribution in [0.1, 0.15) is 36.2 Å². The van der Waals surface area contributed by atoms with Gasteiger partial charge in [0.05, 0.1) is 22.0 Å². The van der Waals surface area contributed by atoms with Gasteiger partial charge in [0.1, 0.15) is 5.03 Å². The minimum atomic E-state index is -0.387. The van der Waals surface area contributed by atoms with Crippen LogP contribution in [-0.2, 0) is 11.2 Å². The van der Waals surface area contributed by atoms with Gasteiger partial charge in [-0.1, -0.05) is 84.9 Å². The average Bonchev–Trinajstić information content (AvgIpc) is 3.30. The van der Waals surface area contributed by atoms with E-state index in [9.17, 15) is 4.79 Å².